The fourth-order valence-electron chi connectivity index (χ4n) is 4.36. The molecule has 3 heterocycles. The SMILES string of the molecule is Cc1cc(NC(=O)C2CCN(C(=O)c3cc4c([nH]c3=O)CC(C)(C)CC4=O)CC2)no1. The van der Waals surface area contributed by atoms with E-state index in [1.807, 2.05) is 13.8 Å². The standard InChI is InChI=1S/C22H26N4O5/c1-12-8-18(25-31-12)24-19(28)13-4-6-26(7-5-13)21(30)15-9-14-16(23-20(15)29)10-22(2,3)11-17(14)27/h8-9,13H,4-7,10-11H2,1-3H3,(H,23,29)(H,24,25,28). The number of fused-ring (bicyclic) bond motifs is 1. The predicted octanol–water partition coefficient (Wildman–Crippen LogP) is 2.32. The van der Waals surface area contributed by atoms with Gasteiger partial charge in [-0.25, -0.2) is 0 Å². The summed E-state index contributed by atoms with van der Waals surface area (Å²) in [5, 5.41) is 6.48. The molecule has 0 unspecified atom stereocenters. The Morgan fingerprint density at radius 2 is 1.90 bits per heavy atom. The maximum Gasteiger partial charge on any atom is 0.261 e. The molecule has 9 heteroatoms. The summed E-state index contributed by atoms with van der Waals surface area (Å²) < 4.78 is 4.95. The molecular formula is C22H26N4O5. The highest BCUT2D eigenvalue weighted by Gasteiger charge is 2.34. The Labute approximate surface area is 179 Å². The lowest BCUT2D eigenvalue weighted by Crippen LogP contribution is -2.43. The maximum absolute atomic E-state index is 13.0. The van der Waals surface area contributed by atoms with Crippen LogP contribution in [0.2, 0.25) is 0 Å². The summed E-state index contributed by atoms with van der Waals surface area (Å²) in [6, 6.07) is 3.08. The second-order valence-electron chi connectivity index (χ2n) is 9.22. The number of carbonyl (C=O) groups excluding carboxylic acids is 3. The van der Waals surface area contributed by atoms with Gasteiger partial charge in [0.2, 0.25) is 5.91 Å². The second-order valence-corrected chi connectivity index (χ2v) is 9.22. The number of amides is 2. The molecule has 0 aromatic carbocycles. The first-order chi connectivity index (χ1) is 14.6. The summed E-state index contributed by atoms with van der Waals surface area (Å²) in [7, 11) is 0. The van der Waals surface area contributed by atoms with Gasteiger partial charge >= 0.3 is 0 Å². The Hall–Kier alpha value is -3.23. The van der Waals surface area contributed by atoms with Crippen molar-refractivity contribution >= 4 is 23.4 Å². The van der Waals surface area contributed by atoms with Crippen molar-refractivity contribution in [1.82, 2.24) is 15.0 Å². The fraction of sp³-hybridized carbons (Fsp3) is 0.500. The number of Topliss-reactive ketones (excluding diaryl/α,β-unsaturated/α-hetero) is 1. The number of piperidine rings is 1. The minimum absolute atomic E-state index is 0.0206. The van der Waals surface area contributed by atoms with Crippen LogP contribution in [0, 0.1) is 18.3 Å². The van der Waals surface area contributed by atoms with Crippen LogP contribution in [0.25, 0.3) is 0 Å². The van der Waals surface area contributed by atoms with Crippen LogP contribution in [0.4, 0.5) is 5.82 Å². The molecule has 9 nitrogen and oxygen atoms in total. The van der Waals surface area contributed by atoms with Gasteiger partial charge in [0, 0.05) is 42.8 Å². The Morgan fingerprint density at radius 1 is 1.19 bits per heavy atom. The average Bonchev–Trinajstić information content (AvgIpc) is 3.11. The van der Waals surface area contributed by atoms with E-state index in [0.29, 0.717) is 61.6 Å². The van der Waals surface area contributed by atoms with Crippen LogP contribution in [0.15, 0.2) is 21.5 Å². The Kier molecular flexibility index (Phi) is 5.28. The van der Waals surface area contributed by atoms with Crippen molar-refractivity contribution in [3.63, 3.8) is 0 Å². The minimum atomic E-state index is -0.476. The molecule has 2 aromatic rings. The zero-order valence-electron chi connectivity index (χ0n) is 17.9. The zero-order valence-corrected chi connectivity index (χ0v) is 17.9. The number of anilines is 1. The normalized spacial score (nSPS) is 18.5. The molecule has 0 radical (unpaired) electrons. The van der Waals surface area contributed by atoms with E-state index in [1.54, 1.807) is 17.9 Å². The van der Waals surface area contributed by atoms with E-state index in [2.05, 4.69) is 15.5 Å². The number of nitrogens with zero attached hydrogens (tertiary/aromatic N) is 2. The molecule has 2 aromatic heterocycles. The Morgan fingerprint density at radius 3 is 2.55 bits per heavy atom. The molecule has 2 aliphatic rings. The smallest absolute Gasteiger partial charge is 0.261 e. The van der Waals surface area contributed by atoms with Gasteiger partial charge < -0.3 is 19.7 Å². The van der Waals surface area contributed by atoms with E-state index in [0.717, 1.165) is 0 Å². The van der Waals surface area contributed by atoms with Gasteiger partial charge in [0.25, 0.3) is 11.5 Å². The molecule has 0 atom stereocenters. The average molecular weight is 426 g/mol. The molecule has 0 spiro atoms. The Balaban J connectivity index is 1.43. The van der Waals surface area contributed by atoms with Gasteiger partial charge in [0.1, 0.15) is 11.3 Å². The number of nitrogens with one attached hydrogen (secondary N) is 2. The van der Waals surface area contributed by atoms with E-state index >= 15 is 0 Å². The number of H-pyrrole nitrogens is 1. The number of likely N-dealkylation sites (tertiary alicyclic amines) is 1. The van der Waals surface area contributed by atoms with Crippen molar-refractivity contribution in [3.05, 3.63) is 45.1 Å². The molecule has 0 bridgehead atoms. The van der Waals surface area contributed by atoms with E-state index in [4.69, 9.17) is 4.52 Å². The highest BCUT2D eigenvalue weighted by Crippen LogP contribution is 2.33. The molecule has 1 saturated heterocycles. The third-order valence-corrected chi connectivity index (χ3v) is 5.98. The number of pyridine rings is 1. The predicted molar refractivity (Wildman–Crippen MR) is 112 cm³/mol. The number of aromatic nitrogens is 2. The number of aromatic amines is 1. The molecular weight excluding hydrogens is 400 g/mol. The summed E-state index contributed by atoms with van der Waals surface area (Å²) >= 11 is 0. The van der Waals surface area contributed by atoms with Crippen LogP contribution in [0.5, 0.6) is 0 Å². The largest absolute Gasteiger partial charge is 0.360 e. The van der Waals surface area contributed by atoms with Gasteiger partial charge in [0.05, 0.1) is 0 Å². The van der Waals surface area contributed by atoms with E-state index in [9.17, 15) is 19.2 Å². The number of hydrogen-bond donors (Lipinski definition) is 2. The van der Waals surface area contributed by atoms with Crippen molar-refractivity contribution < 1.29 is 18.9 Å². The highest BCUT2D eigenvalue weighted by atomic mass is 16.5. The zero-order chi connectivity index (χ0) is 22.3. The third kappa shape index (κ3) is 4.30. The summed E-state index contributed by atoms with van der Waals surface area (Å²) in [6.45, 7) is 6.41. The quantitative estimate of drug-likeness (QED) is 0.776. The molecule has 1 fully saturated rings. The monoisotopic (exact) mass is 426 g/mol. The topological polar surface area (TPSA) is 125 Å². The van der Waals surface area contributed by atoms with Crippen LogP contribution >= 0.6 is 0 Å². The van der Waals surface area contributed by atoms with Gasteiger partial charge in [0.15, 0.2) is 11.6 Å². The first-order valence-electron chi connectivity index (χ1n) is 10.5. The van der Waals surface area contributed by atoms with E-state index < -0.39 is 11.5 Å². The van der Waals surface area contributed by atoms with Gasteiger partial charge in [-0.1, -0.05) is 19.0 Å². The van der Waals surface area contributed by atoms with Crippen LogP contribution in [-0.4, -0.2) is 45.7 Å². The first kappa shape index (κ1) is 21.0. The van der Waals surface area contributed by atoms with Crippen LogP contribution < -0.4 is 10.9 Å². The minimum Gasteiger partial charge on any atom is -0.360 e. The van der Waals surface area contributed by atoms with Crippen LogP contribution in [0.3, 0.4) is 0 Å². The summed E-state index contributed by atoms with van der Waals surface area (Å²) in [5.74, 6) is 0.0806. The molecule has 1 aliphatic heterocycles. The van der Waals surface area contributed by atoms with Crippen molar-refractivity contribution in [2.75, 3.05) is 18.4 Å². The van der Waals surface area contributed by atoms with Crippen molar-refractivity contribution in [1.29, 1.82) is 0 Å². The van der Waals surface area contributed by atoms with Crippen LogP contribution in [0.1, 0.15) is 65.3 Å². The van der Waals surface area contributed by atoms with Crippen LogP contribution in [-0.2, 0) is 11.2 Å². The molecule has 0 saturated carbocycles. The van der Waals surface area contributed by atoms with Crippen molar-refractivity contribution in [2.45, 2.75) is 46.5 Å². The van der Waals surface area contributed by atoms with Crippen molar-refractivity contribution in [3.8, 4) is 0 Å². The second kappa shape index (κ2) is 7.79. The fourth-order valence-corrected chi connectivity index (χ4v) is 4.36. The van der Waals surface area contributed by atoms with Gasteiger partial charge in [-0.15, -0.1) is 0 Å². The third-order valence-electron chi connectivity index (χ3n) is 5.98. The number of ketones is 1. The number of carbonyl (C=O) groups is 3. The summed E-state index contributed by atoms with van der Waals surface area (Å²) in [5.41, 5.74) is 0.315. The van der Waals surface area contributed by atoms with Crippen molar-refractivity contribution in [2.24, 2.45) is 11.3 Å². The van der Waals surface area contributed by atoms with Gasteiger partial charge in [-0.05, 0) is 37.7 Å². The molecule has 2 amide bonds. The van der Waals surface area contributed by atoms with Gasteiger partial charge in [-0.2, -0.15) is 0 Å². The molecule has 2 N–H and O–H groups in total. The van der Waals surface area contributed by atoms with E-state index in [1.165, 1.54) is 6.07 Å². The lowest BCUT2D eigenvalue weighted by molar-refractivity contribution is -0.121. The molecule has 1 aliphatic carbocycles. The summed E-state index contributed by atoms with van der Waals surface area (Å²) in [6.07, 6.45) is 1.92. The lowest BCUT2D eigenvalue weighted by Gasteiger charge is -2.32. The first-order valence-corrected chi connectivity index (χ1v) is 10.5. The molecule has 4 rings (SSSR count). The molecule has 164 valence electrons. The Bertz CT molecular complexity index is 1110. The maximum atomic E-state index is 13.0. The number of aryl methyl sites for hydroxylation is 1. The van der Waals surface area contributed by atoms with Gasteiger partial charge in [-0.3, -0.25) is 19.2 Å². The highest BCUT2D eigenvalue weighted by molar-refractivity contribution is 6.02. The molecule has 31 heavy (non-hydrogen) atoms. The van der Waals surface area contributed by atoms with E-state index in [-0.39, 0.29) is 28.6 Å². The summed E-state index contributed by atoms with van der Waals surface area (Å²) in [4.78, 5) is 54.8. The lowest BCUT2D eigenvalue weighted by atomic mass is 9.75. The number of hydrogen-bond acceptors (Lipinski definition) is 6. The number of rotatable bonds is 3.